The summed E-state index contributed by atoms with van der Waals surface area (Å²) in [5.41, 5.74) is 3.55. The van der Waals surface area contributed by atoms with E-state index in [2.05, 4.69) is 10.2 Å². The number of nitrogens with zero attached hydrogens (tertiary/aromatic N) is 2. The van der Waals surface area contributed by atoms with Crippen molar-refractivity contribution in [3.05, 3.63) is 76.5 Å². The van der Waals surface area contributed by atoms with Crippen molar-refractivity contribution >= 4 is 35.9 Å². The average Bonchev–Trinajstić information content (AvgIpc) is 3.78. The lowest BCUT2D eigenvalue weighted by molar-refractivity contribution is -0.294. The number of aromatic nitrogens is 2. The quantitative estimate of drug-likeness (QED) is 0.0616. The normalized spacial score (nSPS) is 19.1. The molecular formula is C54H78N4O14. The highest BCUT2D eigenvalue weighted by Crippen LogP contribution is 2.37. The van der Waals surface area contributed by atoms with Crippen molar-refractivity contribution in [3.63, 3.8) is 0 Å². The zero-order chi connectivity index (χ0) is 56.8. The van der Waals surface area contributed by atoms with Crippen LogP contribution in [0.5, 0.6) is 11.6 Å². The fourth-order valence-corrected chi connectivity index (χ4v) is 6.87. The summed E-state index contributed by atoms with van der Waals surface area (Å²) in [4.78, 5) is 81.3. The third-order valence-electron chi connectivity index (χ3n) is 11.2. The molecule has 18 nitrogen and oxygen atoms in total. The number of benzene rings is 2. The standard InChI is InChI=1S/C54H78N4O14/c1-32(2)40-37(29-35-22-23-36(28-33(35)3)65-27-19-25-58(26-24-39(55)59)50(64)67-30-34-20-17-16-18-21-34)44(57-56-40)72-45-43(71-49(63)54(13,14)15)42(70-48(62)53(10,11)12)41(69-47(61)52(7,8)9)38(68-45)31-66-46(60)51(4,5)6/h16-18,20-23,28,32,38,41-43,45H,19,24-27,29-31H2,1-15H3,(H2,55,59)(H,56,57)/t38-,41-,42+,43-,45?/m1/s1/i4D,7D,10D,13D. The van der Waals surface area contributed by atoms with Crippen LogP contribution in [0.4, 0.5) is 4.79 Å². The van der Waals surface area contributed by atoms with Gasteiger partial charge in [-0.3, -0.25) is 29.1 Å². The van der Waals surface area contributed by atoms with Crippen LogP contribution in [0.2, 0.25) is 0 Å². The van der Waals surface area contributed by atoms with Gasteiger partial charge < -0.3 is 48.5 Å². The lowest BCUT2D eigenvalue weighted by Crippen LogP contribution is -2.65. The first-order valence-corrected chi connectivity index (χ1v) is 23.9. The van der Waals surface area contributed by atoms with Crippen molar-refractivity contribution < 1.29 is 72.1 Å². The Balaban J connectivity index is 1.71. The van der Waals surface area contributed by atoms with Crippen LogP contribution in [0.15, 0.2) is 48.5 Å². The molecule has 5 atom stereocenters. The van der Waals surface area contributed by atoms with Gasteiger partial charge in [0.1, 0.15) is 25.1 Å². The smallest absolute Gasteiger partial charge is 0.410 e. The molecule has 1 aromatic heterocycles. The van der Waals surface area contributed by atoms with E-state index in [4.69, 9.17) is 49.1 Å². The first-order valence-electron chi connectivity index (χ1n) is 26.8. The summed E-state index contributed by atoms with van der Waals surface area (Å²) < 4.78 is 81.1. The summed E-state index contributed by atoms with van der Waals surface area (Å²) >= 11 is 0. The Morgan fingerprint density at radius 1 is 0.778 bits per heavy atom. The molecule has 1 unspecified atom stereocenters. The summed E-state index contributed by atoms with van der Waals surface area (Å²) in [6.45, 7) is 16.0. The molecule has 0 spiro atoms. The van der Waals surface area contributed by atoms with Crippen LogP contribution in [0, 0.1) is 28.6 Å². The van der Waals surface area contributed by atoms with Crippen molar-refractivity contribution in [2.75, 3.05) is 26.3 Å². The minimum Gasteiger partial charge on any atom is -0.494 e. The Morgan fingerprint density at radius 2 is 1.36 bits per heavy atom. The maximum atomic E-state index is 14.0. The van der Waals surface area contributed by atoms with Crippen LogP contribution in [0.25, 0.3) is 0 Å². The third-order valence-corrected chi connectivity index (χ3v) is 11.2. The molecule has 2 aromatic carbocycles. The number of amides is 2. The van der Waals surface area contributed by atoms with Crippen molar-refractivity contribution in [1.29, 1.82) is 0 Å². The molecule has 398 valence electrons. The summed E-state index contributed by atoms with van der Waals surface area (Å²) in [5.74, 6) is -3.72. The zero-order valence-electron chi connectivity index (χ0n) is 47.8. The predicted molar refractivity (Wildman–Crippen MR) is 266 cm³/mol. The van der Waals surface area contributed by atoms with Crippen LogP contribution < -0.4 is 15.2 Å². The van der Waals surface area contributed by atoms with Gasteiger partial charge in [0.25, 0.3) is 0 Å². The number of carbonyl (C=O) groups is 6. The van der Waals surface area contributed by atoms with E-state index in [1.54, 1.807) is 6.07 Å². The molecule has 0 radical (unpaired) electrons. The Kier molecular flexibility index (Phi) is 17.8. The highest BCUT2D eigenvalue weighted by Gasteiger charge is 2.56. The van der Waals surface area contributed by atoms with E-state index in [0.717, 1.165) is 16.7 Å². The van der Waals surface area contributed by atoms with Crippen molar-refractivity contribution in [2.45, 2.75) is 166 Å². The molecule has 18 heteroatoms. The number of H-pyrrole nitrogens is 1. The van der Waals surface area contributed by atoms with Gasteiger partial charge >= 0.3 is 30.0 Å². The number of aromatic amines is 1. The van der Waals surface area contributed by atoms with Crippen LogP contribution in [-0.2, 0) is 65.4 Å². The Labute approximate surface area is 430 Å². The van der Waals surface area contributed by atoms with Gasteiger partial charge in [0.05, 0.1) is 28.3 Å². The van der Waals surface area contributed by atoms with E-state index in [1.165, 1.54) is 60.3 Å². The van der Waals surface area contributed by atoms with Gasteiger partial charge in [0.2, 0.25) is 24.2 Å². The molecule has 1 saturated heterocycles. The largest absolute Gasteiger partial charge is 0.494 e. The van der Waals surface area contributed by atoms with Crippen LogP contribution >= 0.6 is 0 Å². The molecule has 0 saturated carbocycles. The minimum atomic E-state index is -1.76. The molecule has 3 aromatic rings. The molecule has 2 amide bonds. The number of aryl methyl sites for hydroxylation is 1. The van der Waals surface area contributed by atoms with Crippen molar-refractivity contribution in [2.24, 2.45) is 27.4 Å². The second-order valence-electron chi connectivity index (χ2n) is 21.2. The number of nitrogens with one attached hydrogen (secondary N) is 1. The Morgan fingerprint density at radius 3 is 1.93 bits per heavy atom. The highest BCUT2D eigenvalue weighted by atomic mass is 16.7. The van der Waals surface area contributed by atoms with Gasteiger partial charge in [0.15, 0.2) is 12.2 Å². The van der Waals surface area contributed by atoms with Crippen molar-refractivity contribution in [3.8, 4) is 11.6 Å². The van der Waals surface area contributed by atoms with E-state index < -0.39 is 116 Å². The van der Waals surface area contributed by atoms with E-state index in [-0.39, 0.29) is 57.8 Å². The average molecular weight is 1010 g/mol. The molecule has 3 N–H and O–H groups in total. The second-order valence-corrected chi connectivity index (χ2v) is 21.2. The topological polar surface area (TPSA) is 234 Å². The van der Waals surface area contributed by atoms with E-state index in [9.17, 15) is 28.8 Å². The van der Waals surface area contributed by atoms with Gasteiger partial charge in [-0.05, 0) is 131 Å². The molecule has 0 aliphatic carbocycles. The fourth-order valence-electron chi connectivity index (χ4n) is 6.87. The molecule has 1 aliphatic heterocycles. The summed E-state index contributed by atoms with van der Waals surface area (Å²) in [5, 5.41) is 7.60. The molecule has 72 heavy (non-hydrogen) atoms. The molecule has 1 aliphatic rings. The number of hydrogen-bond donors (Lipinski definition) is 2. The third kappa shape index (κ3) is 17.0. The molecular weight excluding hydrogens is 929 g/mol. The molecule has 4 rings (SSSR count). The SMILES string of the molecule is [2H]CC(C)(C)C(=O)OC[C@H]1OC(Oc2n[nH]c(C(C)C)c2Cc2ccc(OCCCN(CCC(N)=O)C(=O)OCc3ccccc3)cc2C)[C@H](OC(=O)C(C)(C)C[2H])[C@@H](OC(=O)C(C)(C)C[2H])[C@@H]1OC(=O)C(C)(C)C[2H]. The van der Waals surface area contributed by atoms with Gasteiger partial charge in [-0.1, -0.05) is 50.2 Å². The van der Waals surface area contributed by atoms with Crippen LogP contribution in [-0.4, -0.2) is 108 Å². The minimum absolute atomic E-state index is 0.00848. The maximum absolute atomic E-state index is 14.0. The zero-order valence-corrected chi connectivity index (χ0v) is 43.8. The first kappa shape index (κ1) is 52.2. The van der Waals surface area contributed by atoms with E-state index >= 15 is 0 Å². The fraction of sp³-hybridized carbons (Fsp3) is 0.611. The lowest BCUT2D eigenvalue weighted by Gasteiger charge is -2.45. The van der Waals surface area contributed by atoms with Crippen LogP contribution in [0.1, 0.15) is 149 Å². The number of ether oxygens (including phenoxy) is 8. The monoisotopic (exact) mass is 1010 g/mol. The maximum Gasteiger partial charge on any atom is 0.410 e. The number of nitrogens with two attached hydrogens (primary N) is 1. The van der Waals surface area contributed by atoms with E-state index in [1.807, 2.05) is 63.2 Å². The number of hydrogen-bond acceptors (Lipinski definition) is 15. The van der Waals surface area contributed by atoms with Gasteiger partial charge in [0, 0.05) is 42.7 Å². The van der Waals surface area contributed by atoms with Gasteiger partial charge in [-0.25, -0.2) is 4.79 Å². The summed E-state index contributed by atoms with van der Waals surface area (Å²) in [7, 11) is 0. The highest BCUT2D eigenvalue weighted by molar-refractivity contribution is 5.78. The second kappa shape index (κ2) is 24.5. The molecule has 2 heterocycles. The summed E-state index contributed by atoms with van der Waals surface area (Å²) in [6, 6.07) is 14.7. The Hall–Kier alpha value is -6.17. The molecule has 0 bridgehead atoms. The van der Waals surface area contributed by atoms with Gasteiger partial charge in [-0.2, -0.15) is 0 Å². The first-order chi connectivity index (χ1) is 35.6. The lowest BCUT2D eigenvalue weighted by atomic mass is 9.93. The van der Waals surface area contributed by atoms with Crippen molar-refractivity contribution in [1.82, 2.24) is 15.1 Å². The number of esters is 4. The predicted octanol–water partition coefficient (Wildman–Crippen LogP) is 8.28. The van der Waals surface area contributed by atoms with Gasteiger partial charge in [-0.15, -0.1) is 5.10 Å². The van der Waals surface area contributed by atoms with Crippen LogP contribution in [0.3, 0.4) is 0 Å². The Bertz CT molecular complexity index is 2450. The summed E-state index contributed by atoms with van der Waals surface area (Å²) in [6.07, 6.45) is -8.38. The number of carbonyl (C=O) groups excluding carboxylic acids is 6. The molecule has 1 fully saturated rings. The van der Waals surface area contributed by atoms with E-state index in [0.29, 0.717) is 23.4 Å². The number of primary amides is 1. The number of rotatable bonds is 20.